The summed E-state index contributed by atoms with van der Waals surface area (Å²) in [5, 5.41) is 0. The van der Waals surface area contributed by atoms with Crippen LogP contribution in [0.4, 0.5) is 0 Å². The van der Waals surface area contributed by atoms with Crippen LogP contribution in [0, 0.1) is 6.92 Å². The number of rotatable bonds is 0. The Morgan fingerprint density at radius 2 is 2.00 bits per heavy atom. The molecule has 2 nitrogen and oxygen atoms in total. The summed E-state index contributed by atoms with van der Waals surface area (Å²) in [6, 6.07) is 6.01. The van der Waals surface area contributed by atoms with E-state index in [4.69, 9.17) is 9.78 Å². The fourth-order valence-electron chi connectivity index (χ4n) is 1.06. The van der Waals surface area contributed by atoms with E-state index in [0.717, 1.165) is 11.3 Å². The minimum Gasteiger partial charge on any atom is -0.337 e. The van der Waals surface area contributed by atoms with Gasteiger partial charge in [0.05, 0.1) is 0 Å². The number of hydrogen-bond acceptors (Lipinski definition) is 2. The molecule has 2 rings (SSSR count). The Hall–Kier alpha value is -1.02. The largest absolute Gasteiger partial charge is 0.337 e. The van der Waals surface area contributed by atoms with Crippen LogP contribution >= 0.6 is 0 Å². The Morgan fingerprint density at radius 1 is 1.25 bits per heavy atom. The zero-order chi connectivity index (χ0) is 8.97. The van der Waals surface area contributed by atoms with E-state index < -0.39 is 0 Å². The van der Waals surface area contributed by atoms with E-state index in [0.29, 0.717) is 6.61 Å². The fraction of sp³-hybridized carbons (Fsp3) is 0.400. The van der Waals surface area contributed by atoms with E-state index in [2.05, 4.69) is 13.0 Å². The molecular formula is C10H14O2. The monoisotopic (exact) mass is 166 g/mol. The predicted molar refractivity (Wildman–Crippen MR) is 47.9 cm³/mol. The van der Waals surface area contributed by atoms with Crippen LogP contribution in [0.5, 0.6) is 5.75 Å². The summed E-state index contributed by atoms with van der Waals surface area (Å²) < 4.78 is 0. The molecule has 0 aromatic heterocycles. The van der Waals surface area contributed by atoms with Gasteiger partial charge in [-0.1, -0.05) is 25.5 Å². The molecule has 0 atom stereocenters. The summed E-state index contributed by atoms with van der Waals surface area (Å²) in [5.74, 6) is 0.852. The van der Waals surface area contributed by atoms with Crippen molar-refractivity contribution in [3.63, 3.8) is 0 Å². The minimum atomic E-state index is 0.580. The van der Waals surface area contributed by atoms with Gasteiger partial charge in [-0.3, -0.25) is 0 Å². The van der Waals surface area contributed by atoms with Crippen molar-refractivity contribution in [1.29, 1.82) is 0 Å². The molecule has 0 spiro atoms. The number of benzene rings is 1. The molecule has 0 amide bonds. The zero-order valence-electron chi connectivity index (χ0n) is 7.76. The average Bonchev–Trinajstić information content (AvgIpc) is 2.54. The zero-order valence-corrected chi connectivity index (χ0v) is 7.76. The van der Waals surface area contributed by atoms with Gasteiger partial charge in [0.1, 0.15) is 6.61 Å². The number of aryl methyl sites for hydroxylation is 1. The highest BCUT2D eigenvalue weighted by atomic mass is 17.2. The van der Waals surface area contributed by atoms with E-state index in [9.17, 15) is 0 Å². The maximum Gasteiger partial charge on any atom is 0.171 e. The SMILES string of the molecule is CC.Cc1ccc2c(c1)COO2. The third-order valence-electron chi connectivity index (χ3n) is 1.58. The van der Waals surface area contributed by atoms with Crippen molar-refractivity contribution in [1.82, 2.24) is 0 Å². The molecule has 0 radical (unpaired) electrons. The van der Waals surface area contributed by atoms with E-state index in [1.54, 1.807) is 0 Å². The normalized spacial score (nSPS) is 12.6. The van der Waals surface area contributed by atoms with Crippen LogP contribution in [0.3, 0.4) is 0 Å². The summed E-state index contributed by atoms with van der Waals surface area (Å²) in [4.78, 5) is 9.62. The van der Waals surface area contributed by atoms with Gasteiger partial charge in [-0.05, 0) is 19.1 Å². The summed E-state index contributed by atoms with van der Waals surface area (Å²) in [7, 11) is 0. The van der Waals surface area contributed by atoms with Crippen molar-refractivity contribution in [2.45, 2.75) is 27.4 Å². The lowest BCUT2D eigenvalue weighted by Gasteiger charge is -1.94. The van der Waals surface area contributed by atoms with Gasteiger partial charge in [-0.2, -0.15) is 4.89 Å². The van der Waals surface area contributed by atoms with Crippen LogP contribution in [0.1, 0.15) is 25.0 Å². The van der Waals surface area contributed by atoms with Crippen LogP contribution in [-0.4, -0.2) is 0 Å². The van der Waals surface area contributed by atoms with Crippen molar-refractivity contribution in [2.75, 3.05) is 0 Å². The van der Waals surface area contributed by atoms with Crippen molar-refractivity contribution in [3.05, 3.63) is 29.3 Å². The quantitative estimate of drug-likeness (QED) is 0.552. The Labute approximate surface area is 73.0 Å². The third kappa shape index (κ3) is 1.77. The van der Waals surface area contributed by atoms with Gasteiger partial charge in [0.15, 0.2) is 5.75 Å². The van der Waals surface area contributed by atoms with E-state index in [-0.39, 0.29) is 0 Å². The van der Waals surface area contributed by atoms with Gasteiger partial charge in [-0.15, -0.1) is 0 Å². The first-order chi connectivity index (χ1) is 5.86. The van der Waals surface area contributed by atoms with Crippen molar-refractivity contribution in [3.8, 4) is 5.75 Å². The molecular weight excluding hydrogens is 152 g/mol. The van der Waals surface area contributed by atoms with Gasteiger partial charge in [0, 0.05) is 5.56 Å². The molecule has 0 fully saturated rings. The molecule has 1 aliphatic heterocycles. The highest BCUT2D eigenvalue weighted by Gasteiger charge is 2.11. The first-order valence-electron chi connectivity index (χ1n) is 4.25. The van der Waals surface area contributed by atoms with Gasteiger partial charge in [0.2, 0.25) is 0 Å². The second-order valence-electron chi connectivity index (χ2n) is 2.46. The van der Waals surface area contributed by atoms with Gasteiger partial charge in [0.25, 0.3) is 0 Å². The molecule has 0 aliphatic carbocycles. The van der Waals surface area contributed by atoms with Crippen LogP contribution < -0.4 is 4.89 Å². The number of fused-ring (bicyclic) bond motifs is 1. The molecule has 1 heterocycles. The molecule has 1 aromatic carbocycles. The highest BCUT2D eigenvalue weighted by Crippen LogP contribution is 2.25. The average molecular weight is 166 g/mol. The standard InChI is InChI=1S/C8H8O2.C2H6/c1-6-2-3-8-7(4-6)5-9-10-8;1-2/h2-4H,5H2,1H3;1-2H3. The van der Waals surface area contributed by atoms with Crippen molar-refractivity contribution in [2.24, 2.45) is 0 Å². The molecule has 2 heteroatoms. The molecule has 0 bridgehead atoms. The summed E-state index contributed by atoms with van der Waals surface area (Å²) in [5.41, 5.74) is 2.38. The Kier molecular flexibility index (Phi) is 3.11. The second-order valence-corrected chi connectivity index (χ2v) is 2.46. The third-order valence-corrected chi connectivity index (χ3v) is 1.58. The van der Waals surface area contributed by atoms with Gasteiger partial charge >= 0.3 is 0 Å². The molecule has 0 unspecified atom stereocenters. The van der Waals surface area contributed by atoms with Crippen LogP contribution in [0.2, 0.25) is 0 Å². The molecule has 0 N–H and O–H groups in total. The molecule has 0 saturated carbocycles. The summed E-state index contributed by atoms with van der Waals surface area (Å²) in [6.07, 6.45) is 0. The predicted octanol–water partition coefficient (Wildman–Crippen LogP) is 2.85. The smallest absolute Gasteiger partial charge is 0.171 e. The van der Waals surface area contributed by atoms with E-state index in [1.165, 1.54) is 5.56 Å². The highest BCUT2D eigenvalue weighted by molar-refractivity contribution is 5.37. The topological polar surface area (TPSA) is 18.5 Å². The first kappa shape index (κ1) is 9.07. The lowest BCUT2D eigenvalue weighted by Crippen LogP contribution is -1.80. The Morgan fingerprint density at radius 3 is 2.75 bits per heavy atom. The van der Waals surface area contributed by atoms with Crippen LogP contribution in [0.15, 0.2) is 18.2 Å². The first-order valence-corrected chi connectivity index (χ1v) is 4.25. The van der Waals surface area contributed by atoms with Gasteiger partial charge < -0.3 is 4.89 Å². The van der Waals surface area contributed by atoms with Crippen LogP contribution in [0.25, 0.3) is 0 Å². The maximum atomic E-state index is 4.85. The minimum absolute atomic E-state index is 0.580. The molecule has 12 heavy (non-hydrogen) atoms. The summed E-state index contributed by atoms with van der Waals surface area (Å²) in [6.45, 7) is 6.63. The molecule has 66 valence electrons. The Balaban J connectivity index is 0.000000336. The molecule has 0 saturated heterocycles. The van der Waals surface area contributed by atoms with Gasteiger partial charge in [-0.25, -0.2) is 0 Å². The van der Waals surface area contributed by atoms with E-state index >= 15 is 0 Å². The lowest BCUT2D eigenvalue weighted by molar-refractivity contribution is -0.194. The molecule has 1 aliphatic rings. The fourth-order valence-corrected chi connectivity index (χ4v) is 1.06. The van der Waals surface area contributed by atoms with E-state index in [1.807, 2.05) is 26.0 Å². The second kappa shape index (κ2) is 4.12. The Bertz CT molecular complexity index is 256. The maximum absolute atomic E-state index is 4.85. The van der Waals surface area contributed by atoms with Crippen molar-refractivity contribution < 1.29 is 9.78 Å². The molecule has 1 aromatic rings. The summed E-state index contributed by atoms with van der Waals surface area (Å²) >= 11 is 0. The lowest BCUT2D eigenvalue weighted by atomic mass is 10.1. The number of hydrogen-bond donors (Lipinski definition) is 0. The van der Waals surface area contributed by atoms with Crippen molar-refractivity contribution >= 4 is 0 Å². The van der Waals surface area contributed by atoms with Crippen LogP contribution in [-0.2, 0) is 11.5 Å².